The third kappa shape index (κ3) is 3.89. The van der Waals surface area contributed by atoms with Gasteiger partial charge in [-0.05, 0) is 46.7 Å². The van der Waals surface area contributed by atoms with Gasteiger partial charge in [-0.25, -0.2) is 0 Å². The zero-order chi connectivity index (χ0) is 16.3. The predicted octanol–water partition coefficient (Wildman–Crippen LogP) is 5.06. The number of rotatable bonds is 4. The molecule has 2 rings (SSSR count). The summed E-state index contributed by atoms with van der Waals surface area (Å²) in [6.45, 7) is 3.84. The summed E-state index contributed by atoms with van der Waals surface area (Å²) in [6.07, 6.45) is -3.44. The number of hydrogen-bond donors (Lipinski definition) is 1. The van der Waals surface area contributed by atoms with Gasteiger partial charge in [-0.1, -0.05) is 44.2 Å². The molecule has 0 saturated heterocycles. The lowest BCUT2D eigenvalue weighted by molar-refractivity contribution is -0.137. The van der Waals surface area contributed by atoms with Gasteiger partial charge in [0.2, 0.25) is 0 Å². The van der Waals surface area contributed by atoms with E-state index in [1.807, 2.05) is 24.3 Å². The molecule has 0 atom stereocenters. The average molecular weight is 308 g/mol. The summed E-state index contributed by atoms with van der Waals surface area (Å²) < 4.78 is 38.2. The summed E-state index contributed by atoms with van der Waals surface area (Å²) in [6, 6.07) is 11.2. The van der Waals surface area contributed by atoms with Crippen LogP contribution in [0.3, 0.4) is 0 Å². The van der Waals surface area contributed by atoms with Crippen LogP contribution in [0.2, 0.25) is 0 Å². The fraction of sp³-hybridized carbons (Fsp3) is 0.333. The molecule has 22 heavy (non-hydrogen) atoms. The summed E-state index contributed by atoms with van der Waals surface area (Å²) in [7, 11) is 0. The van der Waals surface area contributed by atoms with Gasteiger partial charge in [0.25, 0.3) is 0 Å². The molecule has 0 aliphatic carbocycles. The zero-order valence-electron chi connectivity index (χ0n) is 12.6. The Kier molecular flexibility index (Phi) is 4.91. The van der Waals surface area contributed by atoms with E-state index in [0.29, 0.717) is 11.5 Å². The van der Waals surface area contributed by atoms with Crippen molar-refractivity contribution >= 4 is 0 Å². The molecule has 0 spiro atoms. The van der Waals surface area contributed by atoms with Gasteiger partial charge in [-0.3, -0.25) is 0 Å². The van der Waals surface area contributed by atoms with Crippen LogP contribution in [0.25, 0.3) is 11.1 Å². The molecule has 0 bridgehead atoms. The second-order valence-electron chi connectivity index (χ2n) is 5.82. The van der Waals surface area contributed by atoms with Crippen molar-refractivity contribution in [1.29, 1.82) is 0 Å². The van der Waals surface area contributed by atoms with Gasteiger partial charge in [0.05, 0.1) is 12.2 Å². The van der Waals surface area contributed by atoms with E-state index in [-0.39, 0.29) is 5.56 Å². The minimum atomic E-state index is -4.40. The minimum Gasteiger partial charge on any atom is -0.392 e. The Hall–Kier alpha value is -1.81. The van der Waals surface area contributed by atoms with E-state index in [1.165, 1.54) is 11.6 Å². The molecule has 1 nitrogen and oxygen atoms in total. The largest absolute Gasteiger partial charge is 0.416 e. The van der Waals surface area contributed by atoms with Crippen LogP contribution < -0.4 is 0 Å². The van der Waals surface area contributed by atoms with Crippen molar-refractivity contribution < 1.29 is 18.3 Å². The van der Waals surface area contributed by atoms with E-state index in [4.69, 9.17) is 0 Å². The summed E-state index contributed by atoms with van der Waals surface area (Å²) in [5, 5.41) is 9.38. The Morgan fingerprint density at radius 1 is 1.00 bits per heavy atom. The average Bonchev–Trinajstić information content (AvgIpc) is 2.46. The summed E-state index contributed by atoms with van der Waals surface area (Å²) in [5.41, 5.74) is 2.18. The van der Waals surface area contributed by atoms with Crippen molar-refractivity contribution in [3.05, 3.63) is 59.2 Å². The van der Waals surface area contributed by atoms with Gasteiger partial charge in [0.15, 0.2) is 0 Å². The molecule has 118 valence electrons. The lowest BCUT2D eigenvalue weighted by atomic mass is 9.95. The van der Waals surface area contributed by atoms with Gasteiger partial charge < -0.3 is 5.11 Å². The highest BCUT2D eigenvalue weighted by Crippen LogP contribution is 2.33. The number of aliphatic hydroxyl groups is 1. The SMILES string of the molecule is CC(C)Cc1ccc(-c2ccc(C(F)(F)F)cc2CO)cc1. The summed E-state index contributed by atoms with van der Waals surface area (Å²) in [4.78, 5) is 0. The fourth-order valence-electron chi connectivity index (χ4n) is 2.47. The first kappa shape index (κ1) is 16.6. The molecular formula is C18H19F3O. The van der Waals surface area contributed by atoms with Crippen LogP contribution in [0.15, 0.2) is 42.5 Å². The normalized spacial score (nSPS) is 12.0. The number of aliphatic hydroxyl groups excluding tert-OH is 1. The molecule has 2 aromatic rings. The van der Waals surface area contributed by atoms with Gasteiger partial charge in [-0.2, -0.15) is 13.2 Å². The molecule has 0 heterocycles. The standard InChI is InChI=1S/C18H19F3O/c1-12(2)9-13-3-5-14(6-4-13)17-8-7-16(18(19,20)21)10-15(17)11-22/h3-8,10,12,22H,9,11H2,1-2H3. The molecule has 0 aliphatic rings. The number of hydrogen-bond acceptors (Lipinski definition) is 1. The van der Waals surface area contributed by atoms with Crippen LogP contribution in [0, 0.1) is 5.92 Å². The van der Waals surface area contributed by atoms with Crippen LogP contribution >= 0.6 is 0 Å². The molecule has 0 saturated carbocycles. The molecule has 0 unspecified atom stereocenters. The van der Waals surface area contributed by atoms with Crippen molar-refractivity contribution in [3.8, 4) is 11.1 Å². The van der Waals surface area contributed by atoms with Crippen LogP contribution in [-0.4, -0.2) is 5.11 Å². The van der Waals surface area contributed by atoms with E-state index in [0.717, 1.165) is 24.1 Å². The number of benzene rings is 2. The van der Waals surface area contributed by atoms with Crippen molar-refractivity contribution in [2.75, 3.05) is 0 Å². The first-order chi connectivity index (χ1) is 10.3. The highest BCUT2D eigenvalue weighted by molar-refractivity contribution is 5.68. The Balaban J connectivity index is 2.36. The van der Waals surface area contributed by atoms with Crippen molar-refractivity contribution in [2.24, 2.45) is 5.92 Å². The quantitative estimate of drug-likeness (QED) is 0.836. The molecule has 4 heteroatoms. The Morgan fingerprint density at radius 3 is 2.14 bits per heavy atom. The van der Waals surface area contributed by atoms with E-state index < -0.39 is 18.3 Å². The van der Waals surface area contributed by atoms with E-state index in [1.54, 1.807) is 0 Å². The molecule has 0 fully saturated rings. The van der Waals surface area contributed by atoms with Gasteiger partial charge in [-0.15, -0.1) is 0 Å². The maximum atomic E-state index is 12.7. The van der Waals surface area contributed by atoms with Crippen LogP contribution in [0.5, 0.6) is 0 Å². The maximum Gasteiger partial charge on any atom is 0.416 e. The first-order valence-corrected chi connectivity index (χ1v) is 7.21. The zero-order valence-corrected chi connectivity index (χ0v) is 12.6. The number of alkyl halides is 3. The molecule has 0 aliphatic heterocycles. The fourth-order valence-corrected chi connectivity index (χ4v) is 2.47. The second kappa shape index (κ2) is 6.53. The molecule has 0 amide bonds. The lowest BCUT2D eigenvalue weighted by Crippen LogP contribution is -2.06. The number of halogens is 3. The van der Waals surface area contributed by atoms with Gasteiger partial charge in [0, 0.05) is 0 Å². The van der Waals surface area contributed by atoms with Gasteiger partial charge >= 0.3 is 6.18 Å². The molecule has 0 aromatic heterocycles. The highest BCUT2D eigenvalue weighted by atomic mass is 19.4. The minimum absolute atomic E-state index is 0.284. The van der Waals surface area contributed by atoms with Crippen molar-refractivity contribution in [2.45, 2.75) is 33.1 Å². The summed E-state index contributed by atoms with van der Waals surface area (Å²) >= 11 is 0. The van der Waals surface area contributed by atoms with E-state index in [2.05, 4.69) is 13.8 Å². The van der Waals surface area contributed by atoms with Crippen molar-refractivity contribution in [3.63, 3.8) is 0 Å². The van der Waals surface area contributed by atoms with E-state index in [9.17, 15) is 18.3 Å². The van der Waals surface area contributed by atoms with Crippen LogP contribution in [0.1, 0.15) is 30.5 Å². The topological polar surface area (TPSA) is 20.2 Å². The molecular weight excluding hydrogens is 289 g/mol. The first-order valence-electron chi connectivity index (χ1n) is 7.21. The van der Waals surface area contributed by atoms with Crippen LogP contribution in [0.4, 0.5) is 13.2 Å². The monoisotopic (exact) mass is 308 g/mol. The molecule has 0 radical (unpaired) electrons. The lowest BCUT2D eigenvalue weighted by Gasteiger charge is -2.13. The highest BCUT2D eigenvalue weighted by Gasteiger charge is 2.30. The molecule has 1 N–H and O–H groups in total. The second-order valence-corrected chi connectivity index (χ2v) is 5.82. The predicted molar refractivity (Wildman–Crippen MR) is 81.3 cm³/mol. The van der Waals surface area contributed by atoms with E-state index >= 15 is 0 Å². The molecule has 2 aromatic carbocycles. The Morgan fingerprint density at radius 2 is 1.64 bits per heavy atom. The third-order valence-electron chi connectivity index (χ3n) is 3.51. The summed E-state index contributed by atoms with van der Waals surface area (Å²) in [5.74, 6) is 0.546. The van der Waals surface area contributed by atoms with Crippen molar-refractivity contribution in [1.82, 2.24) is 0 Å². The smallest absolute Gasteiger partial charge is 0.392 e. The Labute approximate surface area is 128 Å². The van der Waals surface area contributed by atoms with Crippen LogP contribution in [-0.2, 0) is 19.2 Å². The third-order valence-corrected chi connectivity index (χ3v) is 3.51. The maximum absolute atomic E-state index is 12.7. The Bertz CT molecular complexity index is 628. The van der Waals surface area contributed by atoms with Gasteiger partial charge in [0.1, 0.15) is 0 Å².